The molecule has 2 aliphatic carbocycles. The predicted molar refractivity (Wildman–Crippen MR) is 164 cm³/mol. The summed E-state index contributed by atoms with van der Waals surface area (Å²) in [6.45, 7) is 28.5. The monoisotopic (exact) mass is 560 g/mol. The Balaban J connectivity index is 1.85. The minimum absolute atomic E-state index is 0.0740. The molecule has 216 valence electrons. The number of hydrogen-bond acceptors (Lipinski definition) is 4. The van der Waals surface area contributed by atoms with Crippen molar-refractivity contribution in [2.45, 2.75) is 130 Å². The zero-order valence-corrected chi connectivity index (χ0v) is 28.5. The van der Waals surface area contributed by atoms with Gasteiger partial charge in [-0.1, -0.05) is 60.6 Å². The maximum Gasteiger partial charge on any atom is 0.192 e. The van der Waals surface area contributed by atoms with E-state index < -0.39 is 16.6 Å². The first kappa shape index (κ1) is 31.6. The number of aliphatic hydroxyl groups is 1. The van der Waals surface area contributed by atoms with E-state index in [0.29, 0.717) is 24.5 Å². The average Bonchev–Trinajstić information content (AvgIpc) is 3.35. The molecule has 0 spiro atoms. The number of rotatable bonds is 9. The van der Waals surface area contributed by atoms with Gasteiger partial charge in [-0.2, -0.15) is 0 Å². The van der Waals surface area contributed by atoms with Crippen molar-refractivity contribution in [1.29, 1.82) is 0 Å². The van der Waals surface area contributed by atoms with Gasteiger partial charge in [-0.15, -0.1) is 0 Å². The van der Waals surface area contributed by atoms with E-state index >= 15 is 0 Å². The van der Waals surface area contributed by atoms with Crippen molar-refractivity contribution >= 4 is 16.6 Å². The second kappa shape index (κ2) is 11.2. The van der Waals surface area contributed by atoms with E-state index in [-0.39, 0.29) is 22.1 Å². The molecule has 1 fully saturated rings. The van der Waals surface area contributed by atoms with E-state index in [2.05, 4.69) is 93.7 Å². The van der Waals surface area contributed by atoms with Crippen molar-refractivity contribution in [3.8, 4) is 0 Å². The summed E-state index contributed by atoms with van der Waals surface area (Å²) >= 11 is 0. The molecule has 0 bridgehead atoms. The first-order valence-electron chi connectivity index (χ1n) is 14.7. The lowest BCUT2D eigenvalue weighted by molar-refractivity contribution is 0.0297. The molecule has 0 aromatic carbocycles. The summed E-state index contributed by atoms with van der Waals surface area (Å²) in [5, 5.41) is 10.1. The third kappa shape index (κ3) is 6.51. The number of aliphatic hydroxyl groups excluding tert-OH is 1. The molecule has 1 N–H and O–H groups in total. The van der Waals surface area contributed by atoms with Crippen LogP contribution in [0, 0.1) is 17.3 Å². The Kier molecular flexibility index (Phi) is 9.28. The lowest BCUT2D eigenvalue weighted by atomic mass is 9.62. The topological polar surface area (TPSA) is 51.8 Å². The molecule has 1 saturated carbocycles. The van der Waals surface area contributed by atoms with Gasteiger partial charge >= 0.3 is 0 Å². The fourth-order valence-electron chi connectivity index (χ4n) is 5.86. The van der Waals surface area contributed by atoms with Crippen LogP contribution in [0.2, 0.25) is 36.3 Å². The fourth-order valence-corrected chi connectivity index (χ4v) is 8.28. The summed E-state index contributed by atoms with van der Waals surface area (Å²) in [6, 6.07) is 2.21. The fraction of sp³-hybridized carbons (Fsp3) is 0.750. The van der Waals surface area contributed by atoms with E-state index in [1.54, 1.807) is 0 Å². The minimum atomic E-state index is -1.87. The van der Waals surface area contributed by atoms with E-state index in [1.165, 1.54) is 17.6 Å². The van der Waals surface area contributed by atoms with Gasteiger partial charge in [0.15, 0.2) is 16.6 Å². The maximum atomic E-state index is 9.66. The highest BCUT2D eigenvalue weighted by molar-refractivity contribution is 6.74. The minimum Gasteiger partial charge on any atom is -0.469 e. The van der Waals surface area contributed by atoms with Crippen LogP contribution in [0.3, 0.4) is 0 Å². The van der Waals surface area contributed by atoms with Crippen molar-refractivity contribution < 1.29 is 18.4 Å². The van der Waals surface area contributed by atoms with Crippen LogP contribution in [-0.4, -0.2) is 34.5 Å². The molecule has 1 aromatic heterocycles. The molecule has 4 atom stereocenters. The molecule has 4 nitrogen and oxygen atoms in total. The highest BCUT2D eigenvalue weighted by Gasteiger charge is 2.54. The van der Waals surface area contributed by atoms with Gasteiger partial charge in [0.05, 0.1) is 25.6 Å². The van der Waals surface area contributed by atoms with Crippen LogP contribution in [0.15, 0.2) is 40.0 Å². The standard InChI is InChI=1S/C32H56O4Si2/c1-23(16-18-33)26-15-17-32(8)28(13-14-29(32)36-38(11,12)31(5,6)7)27(26)20-25-19-24(21-34-25)22-35-37(9,10)30(2,3)4/h15-16,19,21,27-29,33H,13-14,17-18,20,22H2,1-12H3/b23-16+/t27-,28+,29+,32+/m1/s1. The summed E-state index contributed by atoms with van der Waals surface area (Å²) in [7, 11) is -3.69. The average molecular weight is 561 g/mol. The van der Waals surface area contributed by atoms with Crippen molar-refractivity contribution in [3.63, 3.8) is 0 Å². The van der Waals surface area contributed by atoms with Gasteiger partial charge in [0, 0.05) is 12.0 Å². The van der Waals surface area contributed by atoms with Gasteiger partial charge in [0.2, 0.25) is 0 Å². The molecule has 0 aliphatic heterocycles. The summed E-state index contributed by atoms with van der Waals surface area (Å²) < 4.78 is 19.7. The lowest BCUT2D eigenvalue weighted by Gasteiger charge is -2.48. The predicted octanol–water partition coefficient (Wildman–Crippen LogP) is 9.04. The van der Waals surface area contributed by atoms with Gasteiger partial charge < -0.3 is 18.4 Å². The van der Waals surface area contributed by atoms with Crippen LogP contribution in [0.5, 0.6) is 0 Å². The maximum absolute atomic E-state index is 9.66. The van der Waals surface area contributed by atoms with E-state index in [0.717, 1.165) is 30.6 Å². The lowest BCUT2D eigenvalue weighted by Crippen LogP contribution is -2.49. The summed E-state index contributed by atoms with van der Waals surface area (Å²) in [5.74, 6) is 1.91. The van der Waals surface area contributed by atoms with Crippen LogP contribution in [0.25, 0.3) is 0 Å². The van der Waals surface area contributed by atoms with Crippen LogP contribution >= 0.6 is 0 Å². The first-order valence-corrected chi connectivity index (χ1v) is 20.5. The van der Waals surface area contributed by atoms with Gasteiger partial charge in [-0.25, -0.2) is 0 Å². The van der Waals surface area contributed by atoms with Crippen molar-refractivity contribution in [2.24, 2.45) is 17.3 Å². The Hall–Kier alpha value is -0.926. The molecule has 1 heterocycles. The van der Waals surface area contributed by atoms with E-state index in [1.807, 2.05) is 12.3 Å². The van der Waals surface area contributed by atoms with E-state index in [4.69, 9.17) is 13.3 Å². The summed E-state index contributed by atoms with van der Waals surface area (Å²) in [6.07, 6.45) is 10.8. The third-order valence-corrected chi connectivity index (χ3v) is 19.6. The highest BCUT2D eigenvalue weighted by atomic mass is 28.4. The Bertz CT molecular complexity index is 1020. The molecule has 0 saturated heterocycles. The second-order valence-electron chi connectivity index (χ2n) is 15.3. The zero-order valence-electron chi connectivity index (χ0n) is 26.5. The Morgan fingerprint density at radius 3 is 2.29 bits per heavy atom. The molecule has 2 aliphatic rings. The van der Waals surface area contributed by atoms with Gasteiger partial charge in [0.25, 0.3) is 0 Å². The number of fused-ring (bicyclic) bond motifs is 1. The van der Waals surface area contributed by atoms with Gasteiger partial charge in [-0.3, -0.25) is 0 Å². The molecular weight excluding hydrogens is 505 g/mol. The van der Waals surface area contributed by atoms with Gasteiger partial charge in [-0.05, 0) is 96.9 Å². The van der Waals surface area contributed by atoms with E-state index in [9.17, 15) is 5.11 Å². The number of allylic oxidation sites excluding steroid dienone is 3. The van der Waals surface area contributed by atoms with Crippen LogP contribution in [0.1, 0.15) is 86.0 Å². The zero-order chi connectivity index (χ0) is 28.7. The van der Waals surface area contributed by atoms with Crippen LogP contribution in [0.4, 0.5) is 0 Å². The summed E-state index contributed by atoms with van der Waals surface area (Å²) in [4.78, 5) is 0. The van der Waals surface area contributed by atoms with Gasteiger partial charge in [0.1, 0.15) is 5.76 Å². The quantitative estimate of drug-likeness (QED) is 0.306. The van der Waals surface area contributed by atoms with Crippen molar-refractivity contribution in [2.75, 3.05) is 6.61 Å². The molecule has 0 unspecified atom stereocenters. The second-order valence-corrected chi connectivity index (χ2v) is 24.8. The molecule has 3 rings (SSSR count). The molecule has 0 radical (unpaired) electrons. The molecule has 38 heavy (non-hydrogen) atoms. The smallest absolute Gasteiger partial charge is 0.192 e. The largest absolute Gasteiger partial charge is 0.469 e. The van der Waals surface area contributed by atoms with Crippen LogP contribution < -0.4 is 0 Å². The molecule has 0 amide bonds. The van der Waals surface area contributed by atoms with Crippen molar-refractivity contribution in [3.05, 3.63) is 47.0 Å². The highest BCUT2D eigenvalue weighted by Crippen LogP contribution is 2.58. The molecular formula is C32H56O4Si2. The third-order valence-electron chi connectivity index (χ3n) is 10.6. The normalized spacial score (nSPS) is 27.4. The van der Waals surface area contributed by atoms with Crippen LogP contribution in [-0.2, 0) is 21.9 Å². The number of hydrogen-bond donors (Lipinski definition) is 1. The SMILES string of the molecule is C/C(=C\CO)C1=CC[C@]2(C)[C@@H](O[Si](C)(C)C(C)(C)C)CC[C@H]2[C@@H]1Cc1cc(CO[Si](C)(C)C(C)(C)C)co1. The Morgan fingerprint density at radius 1 is 1.08 bits per heavy atom. The Labute approximate surface area is 235 Å². The number of furan rings is 1. The Morgan fingerprint density at radius 2 is 1.71 bits per heavy atom. The van der Waals surface area contributed by atoms with Crippen molar-refractivity contribution in [1.82, 2.24) is 0 Å². The molecule has 1 aromatic rings. The summed E-state index contributed by atoms with van der Waals surface area (Å²) in [5.41, 5.74) is 3.82. The first-order chi connectivity index (χ1) is 17.3. The molecule has 6 heteroatoms.